The molecule has 0 spiro atoms. The van der Waals surface area contributed by atoms with Gasteiger partial charge in [0.1, 0.15) is 28.9 Å². The number of hydrogen-bond acceptors (Lipinski definition) is 6. The van der Waals surface area contributed by atoms with Gasteiger partial charge in [-0.15, -0.1) is 0 Å². The fourth-order valence-electron chi connectivity index (χ4n) is 2.62. The molecule has 1 aromatic heterocycles. The molecule has 1 heterocycles. The van der Waals surface area contributed by atoms with E-state index in [-0.39, 0.29) is 17.0 Å². The number of nitrogens with one attached hydrogen (secondary N) is 1. The number of non-ortho nitro benzene ring substituents is 1. The van der Waals surface area contributed by atoms with E-state index in [4.69, 9.17) is 20.8 Å². The molecule has 0 atom stereocenters. The summed E-state index contributed by atoms with van der Waals surface area (Å²) >= 11 is 5.95. The molecule has 9 heteroatoms. The van der Waals surface area contributed by atoms with E-state index >= 15 is 0 Å². The van der Waals surface area contributed by atoms with Crippen LogP contribution >= 0.6 is 11.6 Å². The van der Waals surface area contributed by atoms with Crippen LogP contribution in [-0.4, -0.2) is 17.9 Å². The van der Waals surface area contributed by atoms with E-state index < -0.39 is 10.8 Å². The number of nitro groups is 1. The van der Waals surface area contributed by atoms with Crippen molar-refractivity contribution in [3.05, 3.63) is 81.1 Å². The highest BCUT2D eigenvalue weighted by atomic mass is 35.5. The second kappa shape index (κ2) is 8.94. The highest BCUT2D eigenvalue weighted by Gasteiger charge is 2.15. The Bertz CT molecular complexity index is 1190. The minimum absolute atomic E-state index is 0.0754. The summed E-state index contributed by atoms with van der Waals surface area (Å²) in [4.78, 5) is 22.9. The lowest BCUT2D eigenvalue weighted by molar-refractivity contribution is -0.384. The summed E-state index contributed by atoms with van der Waals surface area (Å²) < 4.78 is 10.8. The van der Waals surface area contributed by atoms with Crippen LogP contribution < -0.4 is 10.1 Å². The number of benzene rings is 2. The minimum Gasteiger partial charge on any atom is -0.495 e. The molecule has 1 amide bonds. The van der Waals surface area contributed by atoms with Crippen LogP contribution in [0.3, 0.4) is 0 Å². The summed E-state index contributed by atoms with van der Waals surface area (Å²) in [6.07, 6.45) is 1.27. The van der Waals surface area contributed by atoms with Gasteiger partial charge in [-0.05, 0) is 30.3 Å². The molecule has 0 fully saturated rings. The third kappa shape index (κ3) is 4.66. The van der Waals surface area contributed by atoms with E-state index in [0.29, 0.717) is 27.8 Å². The van der Waals surface area contributed by atoms with Crippen LogP contribution in [0.5, 0.6) is 5.75 Å². The van der Waals surface area contributed by atoms with E-state index in [1.807, 2.05) is 6.07 Å². The maximum Gasteiger partial charge on any atom is 0.270 e. The summed E-state index contributed by atoms with van der Waals surface area (Å²) in [5.41, 5.74) is 0.522. The van der Waals surface area contributed by atoms with E-state index in [1.165, 1.54) is 37.5 Å². The zero-order chi connectivity index (χ0) is 21.7. The number of amides is 1. The number of carbonyl (C=O) groups is 1. The topological polar surface area (TPSA) is 118 Å². The van der Waals surface area contributed by atoms with Crippen LogP contribution in [0, 0.1) is 21.4 Å². The number of furan rings is 1. The predicted octanol–water partition coefficient (Wildman–Crippen LogP) is 5.06. The number of carbonyl (C=O) groups excluding carboxylic acids is 1. The van der Waals surface area contributed by atoms with Crippen LogP contribution in [0.1, 0.15) is 5.76 Å². The van der Waals surface area contributed by atoms with Gasteiger partial charge in [-0.1, -0.05) is 23.7 Å². The van der Waals surface area contributed by atoms with Crippen LogP contribution in [0.25, 0.3) is 17.4 Å². The quantitative estimate of drug-likeness (QED) is 0.256. The molecule has 0 bridgehead atoms. The molecule has 2 aromatic carbocycles. The van der Waals surface area contributed by atoms with Gasteiger partial charge in [-0.2, -0.15) is 5.26 Å². The van der Waals surface area contributed by atoms with E-state index in [0.717, 1.165) is 0 Å². The van der Waals surface area contributed by atoms with Crippen molar-refractivity contribution in [2.24, 2.45) is 0 Å². The van der Waals surface area contributed by atoms with Crippen molar-refractivity contribution in [1.82, 2.24) is 0 Å². The van der Waals surface area contributed by atoms with Gasteiger partial charge in [0.05, 0.1) is 17.7 Å². The molecular formula is C21H14ClN3O5. The fraction of sp³-hybridized carbons (Fsp3) is 0.0476. The molecule has 0 saturated heterocycles. The number of hydrogen-bond donors (Lipinski definition) is 1. The van der Waals surface area contributed by atoms with Crippen LogP contribution in [-0.2, 0) is 4.79 Å². The smallest absolute Gasteiger partial charge is 0.270 e. The maximum absolute atomic E-state index is 12.5. The number of nitrogens with zero attached hydrogens (tertiary/aromatic N) is 2. The van der Waals surface area contributed by atoms with Gasteiger partial charge in [0.25, 0.3) is 11.6 Å². The molecule has 1 N–H and O–H groups in total. The van der Waals surface area contributed by atoms with Gasteiger partial charge in [-0.25, -0.2) is 0 Å². The van der Waals surface area contributed by atoms with Crippen LogP contribution in [0.15, 0.2) is 64.6 Å². The summed E-state index contributed by atoms with van der Waals surface area (Å²) in [6, 6.07) is 15.6. The monoisotopic (exact) mass is 423 g/mol. The first-order valence-corrected chi connectivity index (χ1v) is 8.90. The second-order valence-corrected chi connectivity index (χ2v) is 6.41. The molecule has 0 aliphatic heterocycles. The van der Waals surface area contributed by atoms with Gasteiger partial charge >= 0.3 is 0 Å². The number of ether oxygens (including phenoxy) is 1. The fourth-order valence-corrected chi connectivity index (χ4v) is 2.79. The SMILES string of the molecule is COc1ccc(Cl)cc1NC(=O)/C(C#N)=C/c1ccc(-c2cccc([N+](=O)[O-])c2)o1. The Morgan fingerprint density at radius 3 is 2.77 bits per heavy atom. The molecule has 8 nitrogen and oxygen atoms in total. The minimum atomic E-state index is -0.675. The summed E-state index contributed by atoms with van der Waals surface area (Å²) in [6.45, 7) is 0. The van der Waals surface area contributed by atoms with Crippen molar-refractivity contribution in [2.45, 2.75) is 0 Å². The lowest BCUT2D eigenvalue weighted by Crippen LogP contribution is -2.14. The highest BCUT2D eigenvalue weighted by Crippen LogP contribution is 2.29. The molecule has 3 rings (SSSR count). The van der Waals surface area contributed by atoms with Gasteiger partial charge in [0.2, 0.25) is 0 Å². The normalized spacial score (nSPS) is 10.9. The molecule has 3 aromatic rings. The molecule has 0 unspecified atom stereocenters. The average Bonchev–Trinajstić information content (AvgIpc) is 3.21. The number of methoxy groups -OCH3 is 1. The van der Waals surface area contributed by atoms with Crippen molar-refractivity contribution in [3.8, 4) is 23.1 Å². The number of anilines is 1. The van der Waals surface area contributed by atoms with Gasteiger partial charge < -0.3 is 14.5 Å². The first-order chi connectivity index (χ1) is 14.4. The van der Waals surface area contributed by atoms with E-state index in [1.54, 1.807) is 30.3 Å². The summed E-state index contributed by atoms with van der Waals surface area (Å²) in [5.74, 6) is 0.308. The Morgan fingerprint density at radius 1 is 1.27 bits per heavy atom. The second-order valence-electron chi connectivity index (χ2n) is 5.98. The van der Waals surface area contributed by atoms with Crippen molar-refractivity contribution >= 4 is 35.0 Å². The molecule has 0 radical (unpaired) electrons. The van der Waals surface area contributed by atoms with Crippen LogP contribution in [0.2, 0.25) is 5.02 Å². The van der Waals surface area contributed by atoms with Crippen molar-refractivity contribution in [3.63, 3.8) is 0 Å². The zero-order valence-corrected chi connectivity index (χ0v) is 16.3. The number of nitriles is 1. The largest absolute Gasteiger partial charge is 0.495 e. The molecule has 150 valence electrons. The van der Waals surface area contributed by atoms with Crippen molar-refractivity contribution < 1.29 is 18.9 Å². The first kappa shape index (κ1) is 20.6. The number of halogens is 1. The predicted molar refractivity (Wildman–Crippen MR) is 111 cm³/mol. The number of nitro benzene ring substituents is 1. The molecular weight excluding hydrogens is 410 g/mol. The Balaban J connectivity index is 1.84. The third-order valence-corrected chi connectivity index (χ3v) is 4.26. The summed E-state index contributed by atoms with van der Waals surface area (Å²) in [5, 5.41) is 23.3. The lowest BCUT2D eigenvalue weighted by Gasteiger charge is -2.09. The standard InChI is InChI=1S/C21H14ClN3O5/c1-29-20-7-5-15(22)11-18(20)24-21(26)14(12-23)10-17-6-8-19(30-17)13-3-2-4-16(9-13)25(27)28/h2-11H,1H3,(H,24,26)/b14-10+. The highest BCUT2D eigenvalue weighted by molar-refractivity contribution is 6.31. The third-order valence-electron chi connectivity index (χ3n) is 4.03. The first-order valence-electron chi connectivity index (χ1n) is 8.52. The van der Waals surface area contributed by atoms with Gasteiger partial charge in [-0.3, -0.25) is 14.9 Å². The zero-order valence-electron chi connectivity index (χ0n) is 15.6. The van der Waals surface area contributed by atoms with Crippen molar-refractivity contribution in [1.29, 1.82) is 5.26 Å². The van der Waals surface area contributed by atoms with Gasteiger partial charge in [0.15, 0.2) is 0 Å². The van der Waals surface area contributed by atoms with E-state index in [2.05, 4.69) is 5.32 Å². The Labute approximate surface area is 176 Å². The lowest BCUT2D eigenvalue weighted by atomic mass is 10.1. The van der Waals surface area contributed by atoms with E-state index in [9.17, 15) is 20.2 Å². The average molecular weight is 424 g/mol. The van der Waals surface area contributed by atoms with Crippen LogP contribution in [0.4, 0.5) is 11.4 Å². The molecule has 0 aliphatic carbocycles. The summed E-state index contributed by atoms with van der Waals surface area (Å²) in [7, 11) is 1.44. The Morgan fingerprint density at radius 2 is 2.07 bits per heavy atom. The van der Waals surface area contributed by atoms with Crippen molar-refractivity contribution in [2.75, 3.05) is 12.4 Å². The molecule has 0 saturated carbocycles. The molecule has 0 aliphatic rings. The molecule has 30 heavy (non-hydrogen) atoms. The van der Waals surface area contributed by atoms with Gasteiger partial charge in [0, 0.05) is 28.8 Å². The maximum atomic E-state index is 12.5. The Hall–Kier alpha value is -4.09. The Kier molecular flexibility index (Phi) is 6.15. The number of rotatable bonds is 6.